The van der Waals surface area contributed by atoms with Crippen LogP contribution in [0.2, 0.25) is 0 Å². The highest BCUT2D eigenvalue weighted by Crippen LogP contribution is 2.20. The second-order valence-corrected chi connectivity index (χ2v) is 5.44. The minimum absolute atomic E-state index is 0.0557. The molecule has 0 aliphatic heterocycles. The maximum atomic E-state index is 11.9. The first-order valence-corrected chi connectivity index (χ1v) is 7.42. The summed E-state index contributed by atoms with van der Waals surface area (Å²) in [7, 11) is 0. The average molecular weight is 306 g/mol. The van der Waals surface area contributed by atoms with Gasteiger partial charge in [-0.3, -0.25) is 10.1 Å². The predicted octanol–water partition coefficient (Wildman–Crippen LogP) is 2.79. The average Bonchev–Trinajstić information content (AvgIpc) is 3.08. The molecule has 0 bridgehead atoms. The number of hydrogen-bond donors (Lipinski definition) is 1. The van der Waals surface area contributed by atoms with Crippen LogP contribution in [-0.2, 0) is 4.79 Å². The van der Waals surface area contributed by atoms with Crippen molar-refractivity contribution in [3.8, 4) is 6.07 Å². The number of hydrogen-bond acceptors (Lipinski definition) is 7. The normalized spacial score (nSPS) is 11.1. The van der Waals surface area contributed by atoms with E-state index in [0.717, 1.165) is 17.3 Å². The van der Waals surface area contributed by atoms with Gasteiger partial charge in [0.15, 0.2) is 0 Å². The van der Waals surface area contributed by atoms with Gasteiger partial charge in [0.1, 0.15) is 17.4 Å². The summed E-state index contributed by atoms with van der Waals surface area (Å²) in [6.45, 7) is 1.99. The summed E-state index contributed by atoms with van der Waals surface area (Å²) < 4.78 is 9.14. The van der Waals surface area contributed by atoms with E-state index >= 15 is 0 Å². The first-order chi connectivity index (χ1) is 9.72. The van der Waals surface area contributed by atoms with E-state index in [2.05, 4.69) is 14.7 Å². The van der Waals surface area contributed by atoms with Crippen LogP contribution in [0, 0.1) is 11.3 Å². The number of nitriles is 1. The zero-order valence-electron chi connectivity index (χ0n) is 10.5. The molecule has 2 heterocycles. The van der Waals surface area contributed by atoms with Gasteiger partial charge in [0.2, 0.25) is 10.3 Å². The lowest BCUT2D eigenvalue weighted by molar-refractivity contribution is -0.112. The Morgan fingerprint density at radius 3 is 3.20 bits per heavy atom. The van der Waals surface area contributed by atoms with Gasteiger partial charge in [-0.25, -0.2) is 0 Å². The van der Waals surface area contributed by atoms with Gasteiger partial charge in [0.25, 0.3) is 5.91 Å². The highest BCUT2D eigenvalue weighted by atomic mass is 32.2. The molecule has 2 rings (SSSR count). The largest absolute Gasteiger partial charge is 0.465 e. The summed E-state index contributed by atoms with van der Waals surface area (Å²) >= 11 is 2.56. The Hall–Kier alpha value is -2.11. The zero-order chi connectivity index (χ0) is 14.4. The number of amides is 1. The Morgan fingerprint density at radius 1 is 1.70 bits per heavy atom. The highest BCUT2D eigenvalue weighted by Gasteiger charge is 2.13. The second kappa shape index (κ2) is 6.88. The summed E-state index contributed by atoms with van der Waals surface area (Å²) in [4.78, 5) is 16.1. The molecular formula is C12H10N4O2S2. The minimum atomic E-state index is -0.534. The maximum Gasteiger partial charge on any atom is 0.268 e. The Kier molecular flexibility index (Phi) is 4.92. The quantitative estimate of drug-likeness (QED) is 0.519. The third kappa shape index (κ3) is 3.69. The molecule has 6 nitrogen and oxygen atoms in total. The van der Waals surface area contributed by atoms with Crippen LogP contribution in [0.4, 0.5) is 5.13 Å². The van der Waals surface area contributed by atoms with Crippen LogP contribution in [0.5, 0.6) is 0 Å². The standard InChI is InChI=1S/C12H10N4O2S2/c1-2-19-12-15-11(20-16-12)14-10(17)8(7-13)6-9-4-3-5-18-9/h3-6H,2H2,1H3,(H,14,15,16,17)/b8-6-. The molecule has 20 heavy (non-hydrogen) atoms. The highest BCUT2D eigenvalue weighted by molar-refractivity contribution is 7.99. The number of furan rings is 1. The van der Waals surface area contributed by atoms with Gasteiger partial charge in [-0.2, -0.15) is 14.6 Å². The lowest BCUT2D eigenvalue weighted by Crippen LogP contribution is -2.13. The minimum Gasteiger partial charge on any atom is -0.465 e. The number of carbonyl (C=O) groups is 1. The summed E-state index contributed by atoms with van der Waals surface area (Å²) in [6.07, 6.45) is 2.84. The van der Waals surface area contributed by atoms with E-state index in [0.29, 0.717) is 16.0 Å². The number of nitrogens with zero attached hydrogens (tertiary/aromatic N) is 3. The van der Waals surface area contributed by atoms with E-state index in [1.807, 2.05) is 13.0 Å². The zero-order valence-corrected chi connectivity index (χ0v) is 12.1. The van der Waals surface area contributed by atoms with E-state index < -0.39 is 5.91 Å². The molecule has 102 valence electrons. The molecule has 0 aromatic carbocycles. The van der Waals surface area contributed by atoms with Gasteiger partial charge in [-0.15, -0.1) is 0 Å². The van der Waals surface area contributed by atoms with Crippen LogP contribution in [0.25, 0.3) is 6.08 Å². The second-order valence-electron chi connectivity index (χ2n) is 3.45. The molecule has 1 amide bonds. The number of aromatic nitrogens is 2. The third-order valence-electron chi connectivity index (χ3n) is 2.10. The molecule has 2 aromatic rings. The molecule has 0 radical (unpaired) electrons. The first kappa shape index (κ1) is 14.3. The van der Waals surface area contributed by atoms with Crippen LogP contribution in [0.1, 0.15) is 12.7 Å². The van der Waals surface area contributed by atoms with E-state index in [-0.39, 0.29) is 5.57 Å². The van der Waals surface area contributed by atoms with Crippen LogP contribution in [0.3, 0.4) is 0 Å². The van der Waals surface area contributed by atoms with E-state index in [4.69, 9.17) is 9.68 Å². The molecule has 0 aliphatic rings. The van der Waals surface area contributed by atoms with Crippen molar-refractivity contribution in [3.05, 3.63) is 29.7 Å². The van der Waals surface area contributed by atoms with Crippen molar-refractivity contribution in [2.24, 2.45) is 0 Å². The third-order valence-corrected chi connectivity index (χ3v) is 3.57. The van der Waals surface area contributed by atoms with Crippen molar-refractivity contribution in [3.63, 3.8) is 0 Å². The van der Waals surface area contributed by atoms with Crippen molar-refractivity contribution >= 4 is 40.4 Å². The van der Waals surface area contributed by atoms with Crippen LogP contribution < -0.4 is 5.32 Å². The molecule has 0 atom stereocenters. The van der Waals surface area contributed by atoms with Crippen LogP contribution >= 0.6 is 23.3 Å². The van der Waals surface area contributed by atoms with Crippen molar-refractivity contribution < 1.29 is 9.21 Å². The fraction of sp³-hybridized carbons (Fsp3) is 0.167. The molecule has 0 aliphatic carbocycles. The number of nitrogens with one attached hydrogen (secondary N) is 1. The Labute approximate surface area is 123 Å². The number of carbonyl (C=O) groups excluding carboxylic acids is 1. The number of anilines is 1. The Balaban J connectivity index is 2.08. The van der Waals surface area contributed by atoms with Crippen LogP contribution in [-0.4, -0.2) is 21.0 Å². The number of rotatable bonds is 5. The van der Waals surface area contributed by atoms with Gasteiger partial charge in [-0.05, 0) is 17.9 Å². The molecule has 0 saturated carbocycles. The Morgan fingerprint density at radius 2 is 2.55 bits per heavy atom. The van der Waals surface area contributed by atoms with Crippen molar-refractivity contribution in [1.82, 2.24) is 9.36 Å². The molecule has 0 fully saturated rings. The first-order valence-electron chi connectivity index (χ1n) is 5.66. The summed E-state index contributed by atoms with van der Waals surface area (Å²) in [6, 6.07) is 5.17. The van der Waals surface area contributed by atoms with Crippen LogP contribution in [0.15, 0.2) is 33.5 Å². The molecule has 0 saturated heterocycles. The van der Waals surface area contributed by atoms with Gasteiger partial charge in [0, 0.05) is 17.6 Å². The lowest BCUT2D eigenvalue weighted by atomic mass is 10.2. The predicted molar refractivity (Wildman–Crippen MR) is 77.2 cm³/mol. The molecule has 0 unspecified atom stereocenters. The molecule has 0 spiro atoms. The summed E-state index contributed by atoms with van der Waals surface area (Å²) in [5, 5.41) is 12.5. The molecule has 2 aromatic heterocycles. The van der Waals surface area contributed by atoms with Crippen molar-refractivity contribution in [2.45, 2.75) is 12.1 Å². The summed E-state index contributed by atoms with van der Waals surface area (Å²) in [5.41, 5.74) is -0.0557. The Bertz CT molecular complexity index is 655. The van der Waals surface area contributed by atoms with E-state index in [1.54, 1.807) is 12.1 Å². The SMILES string of the molecule is CCSc1nsc(NC(=O)/C(C#N)=C\c2ccco2)n1. The molecule has 1 N–H and O–H groups in total. The van der Waals surface area contributed by atoms with E-state index in [9.17, 15) is 4.79 Å². The fourth-order valence-electron chi connectivity index (χ4n) is 1.28. The van der Waals surface area contributed by atoms with E-state index in [1.165, 1.54) is 24.1 Å². The monoisotopic (exact) mass is 306 g/mol. The maximum absolute atomic E-state index is 11.9. The smallest absolute Gasteiger partial charge is 0.268 e. The van der Waals surface area contributed by atoms with Gasteiger partial charge in [-0.1, -0.05) is 18.7 Å². The number of thioether (sulfide) groups is 1. The fourth-order valence-corrected chi connectivity index (χ4v) is 2.54. The molecular weight excluding hydrogens is 296 g/mol. The lowest BCUT2D eigenvalue weighted by Gasteiger charge is -1.98. The van der Waals surface area contributed by atoms with Crippen molar-refractivity contribution in [2.75, 3.05) is 11.1 Å². The van der Waals surface area contributed by atoms with Crippen molar-refractivity contribution in [1.29, 1.82) is 5.26 Å². The molecule has 8 heteroatoms. The van der Waals surface area contributed by atoms with Gasteiger partial charge < -0.3 is 4.42 Å². The summed E-state index contributed by atoms with van der Waals surface area (Å²) in [5.74, 6) is 0.760. The van der Waals surface area contributed by atoms with Gasteiger partial charge >= 0.3 is 0 Å². The van der Waals surface area contributed by atoms with Gasteiger partial charge in [0.05, 0.1) is 6.26 Å². The topological polar surface area (TPSA) is 91.8 Å².